The Morgan fingerprint density at radius 1 is 0.960 bits per heavy atom. The summed E-state index contributed by atoms with van der Waals surface area (Å²) in [4.78, 5) is 4.52. The quantitative estimate of drug-likeness (QED) is 0.649. The Kier molecular flexibility index (Phi) is 7.07. The molecule has 5 nitrogen and oxygen atoms in total. The monoisotopic (exact) mass is 379 g/mol. The summed E-state index contributed by atoms with van der Waals surface area (Å²) in [6.45, 7) is 5.44. The van der Waals surface area contributed by atoms with Crippen LogP contribution in [0.15, 0.2) is 48.5 Å². The van der Waals surface area contributed by atoms with Crippen LogP contribution in [0, 0.1) is 6.92 Å². The molecular weight excluding hydrogens is 358 g/mol. The fourth-order valence-electron chi connectivity index (χ4n) is 2.18. The van der Waals surface area contributed by atoms with E-state index in [1.165, 1.54) is 15.8 Å². The Morgan fingerprint density at radius 2 is 1.60 bits per heavy atom. The molecule has 0 bridgehead atoms. The molecule has 0 aliphatic carbocycles. The Balaban J connectivity index is 0.000000217. The maximum Gasteiger partial charge on any atom is 0.399 e. The van der Waals surface area contributed by atoms with Gasteiger partial charge in [-0.2, -0.15) is 8.42 Å². The highest BCUT2D eigenvalue weighted by molar-refractivity contribution is 7.81. The molecule has 1 heterocycles. The summed E-state index contributed by atoms with van der Waals surface area (Å²) in [6.07, 6.45) is 0. The Labute approximate surface area is 152 Å². The fraction of sp³-hybridized carbons (Fsp3) is 0.278. The number of rotatable bonds is 5. The predicted molar refractivity (Wildman–Crippen MR) is 102 cm³/mol. The summed E-state index contributed by atoms with van der Waals surface area (Å²) < 4.78 is 30.5. The van der Waals surface area contributed by atoms with Crippen molar-refractivity contribution in [3.05, 3.63) is 53.5 Å². The average molecular weight is 380 g/mol. The first kappa shape index (κ1) is 19.5. The summed E-state index contributed by atoms with van der Waals surface area (Å²) in [5, 5.41) is 1.13. The molecule has 25 heavy (non-hydrogen) atoms. The standard InChI is InChI=1S/C14H11NS.C4H10O4S/c1-10-15-13-9-12(7-8-14(13)16-10)11-5-3-2-4-6-11;1-3-7-9(5,6)8-4-2/h2-9H,1H3;3-4H2,1-2H3. The molecule has 0 N–H and O–H groups in total. The summed E-state index contributed by atoms with van der Waals surface area (Å²) >= 11 is 1.74. The van der Waals surface area contributed by atoms with E-state index in [-0.39, 0.29) is 13.2 Å². The third-order valence-corrected chi connectivity index (χ3v) is 5.13. The van der Waals surface area contributed by atoms with Gasteiger partial charge in [0, 0.05) is 0 Å². The minimum atomic E-state index is -3.68. The van der Waals surface area contributed by atoms with Crippen molar-refractivity contribution in [1.29, 1.82) is 0 Å². The Hall–Kier alpha value is -1.80. The van der Waals surface area contributed by atoms with Crippen molar-refractivity contribution in [3.63, 3.8) is 0 Å². The van der Waals surface area contributed by atoms with Gasteiger partial charge in [-0.25, -0.2) is 13.4 Å². The van der Waals surface area contributed by atoms with Gasteiger partial charge in [-0.3, -0.25) is 0 Å². The molecule has 0 fully saturated rings. The van der Waals surface area contributed by atoms with Crippen molar-refractivity contribution in [2.24, 2.45) is 0 Å². The molecule has 0 spiro atoms. The summed E-state index contributed by atoms with van der Waals surface area (Å²) in [5.74, 6) is 0. The van der Waals surface area contributed by atoms with Crippen LogP contribution in [0.3, 0.4) is 0 Å². The minimum absolute atomic E-state index is 0.113. The van der Waals surface area contributed by atoms with E-state index in [4.69, 9.17) is 0 Å². The van der Waals surface area contributed by atoms with Crippen LogP contribution in [0.25, 0.3) is 21.3 Å². The molecule has 0 aliphatic heterocycles. The van der Waals surface area contributed by atoms with E-state index >= 15 is 0 Å². The van der Waals surface area contributed by atoms with Crippen molar-refractivity contribution < 1.29 is 16.8 Å². The molecule has 3 rings (SSSR count). The van der Waals surface area contributed by atoms with Gasteiger partial charge in [0.25, 0.3) is 0 Å². The van der Waals surface area contributed by atoms with Gasteiger partial charge >= 0.3 is 10.4 Å². The van der Waals surface area contributed by atoms with Crippen LogP contribution in [0.2, 0.25) is 0 Å². The smallest absolute Gasteiger partial charge is 0.248 e. The number of fused-ring (bicyclic) bond motifs is 1. The lowest BCUT2D eigenvalue weighted by Crippen LogP contribution is -2.09. The van der Waals surface area contributed by atoms with E-state index in [1.54, 1.807) is 25.2 Å². The molecule has 0 saturated carbocycles. The number of hydrogen-bond donors (Lipinski definition) is 0. The van der Waals surface area contributed by atoms with Crippen LogP contribution in [0.5, 0.6) is 0 Å². The van der Waals surface area contributed by atoms with Gasteiger partial charge in [-0.15, -0.1) is 11.3 Å². The van der Waals surface area contributed by atoms with Crippen LogP contribution < -0.4 is 0 Å². The van der Waals surface area contributed by atoms with E-state index in [2.05, 4.69) is 55.8 Å². The van der Waals surface area contributed by atoms with Crippen LogP contribution in [-0.2, 0) is 18.8 Å². The molecule has 0 radical (unpaired) electrons. The number of hydrogen-bond acceptors (Lipinski definition) is 6. The summed E-state index contributed by atoms with van der Waals surface area (Å²) in [6, 6.07) is 16.9. The molecule has 0 unspecified atom stereocenters. The lowest BCUT2D eigenvalue weighted by molar-refractivity contribution is 0.231. The molecule has 2 aromatic carbocycles. The second-order valence-corrected chi connectivity index (χ2v) is 7.53. The molecule has 0 aliphatic rings. The number of benzene rings is 2. The second kappa shape index (κ2) is 9.05. The SMILES string of the molecule is CCOS(=O)(=O)OCC.Cc1nc2cc(-c3ccccc3)ccc2s1. The number of nitrogens with zero attached hydrogens (tertiary/aromatic N) is 1. The molecule has 7 heteroatoms. The highest BCUT2D eigenvalue weighted by Gasteiger charge is 2.07. The molecule has 3 aromatic rings. The van der Waals surface area contributed by atoms with Crippen LogP contribution in [-0.4, -0.2) is 26.6 Å². The van der Waals surface area contributed by atoms with Gasteiger partial charge in [-0.1, -0.05) is 36.4 Å². The highest BCUT2D eigenvalue weighted by Crippen LogP contribution is 2.27. The minimum Gasteiger partial charge on any atom is -0.248 e. The molecule has 134 valence electrons. The zero-order valence-electron chi connectivity index (χ0n) is 14.4. The predicted octanol–water partition coefficient (Wildman–Crippen LogP) is 4.58. The second-order valence-electron chi connectivity index (χ2n) is 5.00. The first-order valence-corrected chi connectivity index (χ1v) is 10.1. The van der Waals surface area contributed by atoms with Crippen LogP contribution in [0.1, 0.15) is 18.9 Å². The van der Waals surface area contributed by atoms with Gasteiger partial charge in [0.1, 0.15) is 0 Å². The summed E-state index contributed by atoms with van der Waals surface area (Å²) in [7, 11) is -3.68. The van der Waals surface area contributed by atoms with Crippen LogP contribution >= 0.6 is 11.3 Å². The zero-order valence-corrected chi connectivity index (χ0v) is 16.1. The first-order chi connectivity index (χ1) is 11.9. The third kappa shape index (κ3) is 5.89. The molecule has 0 amide bonds. The zero-order chi connectivity index (χ0) is 18.3. The molecule has 1 aromatic heterocycles. The fourth-order valence-corrected chi connectivity index (χ4v) is 3.63. The van der Waals surface area contributed by atoms with E-state index in [1.807, 2.05) is 13.0 Å². The van der Waals surface area contributed by atoms with Gasteiger partial charge < -0.3 is 0 Å². The Morgan fingerprint density at radius 3 is 2.20 bits per heavy atom. The van der Waals surface area contributed by atoms with Crippen molar-refractivity contribution >= 4 is 32.0 Å². The Bertz CT molecular complexity index is 893. The lowest BCUT2D eigenvalue weighted by Gasteiger charge is -2.00. The van der Waals surface area contributed by atoms with Gasteiger partial charge in [0.15, 0.2) is 0 Å². The topological polar surface area (TPSA) is 65.5 Å². The van der Waals surface area contributed by atoms with E-state index in [9.17, 15) is 8.42 Å². The lowest BCUT2D eigenvalue weighted by atomic mass is 10.1. The van der Waals surface area contributed by atoms with Gasteiger partial charge in [0.05, 0.1) is 28.4 Å². The number of aromatic nitrogens is 1. The van der Waals surface area contributed by atoms with Crippen molar-refractivity contribution in [3.8, 4) is 11.1 Å². The van der Waals surface area contributed by atoms with Crippen molar-refractivity contribution in [2.75, 3.05) is 13.2 Å². The first-order valence-electron chi connectivity index (χ1n) is 7.91. The average Bonchev–Trinajstić information content (AvgIpc) is 2.95. The van der Waals surface area contributed by atoms with E-state index in [0.29, 0.717) is 0 Å². The molecule has 0 atom stereocenters. The number of thiazole rings is 1. The number of aryl methyl sites for hydroxylation is 1. The van der Waals surface area contributed by atoms with Crippen molar-refractivity contribution in [1.82, 2.24) is 4.98 Å². The molecule has 0 saturated heterocycles. The van der Waals surface area contributed by atoms with Gasteiger partial charge in [-0.05, 0) is 44.0 Å². The van der Waals surface area contributed by atoms with Crippen LogP contribution in [0.4, 0.5) is 0 Å². The van der Waals surface area contributed by atoms with E-state index in [0.717, 1.165) is 10.5 Å². The maximum absolute atomic E-state index is 10.4. The van der Waals surface area contributed by atoms with Crippen molar-refractivity contribution in [2.45, 2.75) is 20.8 Å². The van der Waals surface area contributed by atoms with E-state index < -0.39 is 10.4 Å². The normalized spacial score (nSPS) is 11.2. The maximum atomic E-state index is 10.4. The largest absolute Gasteiger partial charge is 0.399 e. The van der Waals surface area contributed by atoms with Gasteiger partial charge in [0.2, 0.25) is 0 Å². The summed E-state index contributed by atoms with van der Waals surface area (Å²) in [5.41, 5.74) is 3.58. The highest BCUT2D eigenvalue weighted by atomic mass is 32.3. The molecular formula is C18H21NO4S2. The third-order valence-electron chi connectivity index (χ3n) is 3.13.